The molecule has 198 valence electrons. The van der Waals surface area contributed by atoms with Crippen LogP contribution in [0.25, 0.3) is 0 Å². The van der Waals surface area contributed by atoms with Gasteiger partial charge in [0.25, 0.3) is 0 Å². The number of β-lactam (4-membered cyclic amide) rings is 1. The molecule has 38 heavy (non-hydrogen) atoms. The normalized spacial score (nSPS) is 16.6. The third-order valence-electron chi connectivity index (χ3n) is 6.95. The molecule has 1 heterocycles. The van der Waals surface area contributed by atoms with E-state index in [9.17, 15) is 14.4 Å². The van der Waals surface area contributed by atoms with Gasteiger partial charge in [-0.25, -0.2) is 4.79 Å². The summed E-state index contributed by atoms with van der Waals surface area (Å²) < 4.78 is 16.1. The Balaban J connectivity index is 1.56. The zero-order valence-electron chi connectivity index (χ0n) is 22.0. The minimum atomic E-state index is -1.02. The molecule has 3 aromatic carbocycles. The highest BCUT2D eigenvalue weighted by Gasteiger charge is 2.56. The Morgan fingerprint density at radius 3 is 1.79 bits per heavy atom. The molecule has 0 aliphatic carbocycles. The molecule has 0 aromatic heterocycles. The maximum Gasteiger partial charge on any atom is 0.330 e. The first-order chi connectivity index (χ1) is 18.4. The van der Waals surface area contributed by atoms with Crippen LogP contribution in [0.5, 0.6) is 11.5 Å². The summed E-state index contributed by atoms with van der Waals surface area (Å²) in [5.74, 6) is -0.768. The second-order valence-corrected chi connectivity index (χ2v) is 9.44. The SMILES string of the molecule is COc1ccc(CC(Cc2ccc(OC)cc2)N2C(=O)[C@H](C(C)=O)[C@H]2C(=O)OCCc2ccccc2)cc1. The van der Waals surface area contributed by atoms with Crippen LogP contribution in [0.1, 0.15) is 23.6 Å². The first-order valence-electron chi connectivity index (χ1n) is 12.7. The van der Waals surface area contributed by atoms with E-state index in [1.54, 1.807) is 19.1 Å². The van der Waals surface area contributed by atoms with Crippen molar-refractivity contribution in [2.75, 3.05) is 20.8 Å². The van der Waals surface area contributed by atoms with Gasteiger partial charge in [0, 0.05) is 12.5 Å². The number of Topliss-reactive ketones (excluding diaryl/α,β-unsaturated/α-hetero) is 1. The minimum absolute atomic E-state index is 0.174. The number of likely N-dealkylation sites (tertiary alicyclic amines) is 1. The molecule has 0 bridgehead atoms. The van der Waals surface area contributed by atoms with E-state index < -0.39 is 17.9 Å². The predicted octanol–water partition coefficient (Wildman–Crippen LogP) is 4.06. The summed E-state index contributed by atoms with van der Waals surface area (Å²) in [6, 6.07) is 23.7. The smallest absolute Gasteiger partial charge is 0.330 e. The molecule has 1 fully saturated rings. The van der Waals surface area contributed by atoms with E-state index >= 15 is 0 Å². The Kier molecular flexibility index (Phi) is 8.79. The number of carbonyl (C=O) groups excluding carboxylic acids is 3. The largest absolute Gasteiger partial charge is 0.497 e. The molecule has 0 spiro atoms. The van der Waals surface area contributed by atoms with Crippen molar-refractivity contribution in [1.82, 2.24) is 4.90 Å². The third kappa shape index (κ3) is 6.22. The van der Waals surface area contributed by atoms with Crippen LogP contribution in [0.4, 0.5) is 0 Å². The number of methoxy groups -OCH3 is 2. The average Bonchev–Trinajstić information content (AvgIpc) is 2.92. The molecule has 7 nitrogen and oxygen atoms in total. The lowest BCUT2D eigenvalue weighted by Gasteiger charge is -2.48. The molecular formula is C31H33NO6. The average molecular weight is 516 g/mol. The second kappa shape index (κ2) is 12.4. The van der Waals surface area contributed by atoms with Crippen LogP contribution in [-0.4, -0.2) is 55.5 Å². The number of ketones is 1. The van der Waals surface area contributed by atoms with Gasteiger partial charge in [-0.1, -0.05) is 54.6 Å². The van der Waals surface area contributed by atoms with Gasteiger partial charge >= 0.3 is 5.97 Å². The summed E-state index contributed by atoms with van der Waals surface area (Å²) in [5, 5.41) is 0. The van der Waals surface area contributed by atoms with Crippen molar-refractivity contribution in [3.8, 4) is 11.5 Å². The fraction of sp³-hybridized carbons (Fsp3) is 0.323. The molecule has 4 rings (SSSR count). The van der Waals surface area contributed by atoms with Gasteiger partial charge in [0.15, 0.2) is 0 Å². The summed E-state index contributed by atoms with van der Waals surface area (Å²) in [6.45, 7) is 1.53. The molecule has 1 aliphatic heterocycles. The first kappa shape index (κ1) is 26.9. The fourth-order valence-electron chi connectivity index (χ4n) is 4.90. The Bertz CT molecular complexity index is 1190. The van der Waals surface area contributed by atoms with Gasteiger partial charge < -0.3 is 19.1 Å². The summed E-state index contributed by atoms with van der Waals surface area (Å²) in [5.41, 5.74) is 3.01. The third-order valence-corrected chi connectivity index (χ3v) is 6.95. The zero-order valence-corrected chi connectivity index (χ0v) is 22.0. The molecule has 1 aliphatic rings. The maximum absolute atomic E-state index is 13.3. The van der Waals surface area contributed by atoms with Gasteiger partial charge in [-0.05, 0) is 60.7 Å². The maximum atomic E-state index is 13.3. The van der Waals surface area contributed by atoms with Gasteiger partial charge in [-0.3, -0.25) is 9.59 Å². The number of rotatable bonds is 12. The van der Waals surface area contributed by atoms with Crippen LogP contribution in [0.2, 0.25) is 0 Å². The zero-order chi connectivity index (χ0) is 27.1. The minimum Gasteiger partial charge on any atom is -0.497 e. The molecule has 0 N–H and O–H groups in total. The molecule has 0 saturated carbocycles. The number of benzene rings is 3. The van der Waals surface area contributed by atoms with Crippen molar-refractivity contribution in [1.29, 1.82) is 0 Å². The summed E-state index contributed by atoms with van der Waals surface area (Å²) in [6.07, 6.45) is 1.56. The van der Waals surface area contributed by atoms with Crippen LogP contribution < -0.4 is 9.47 Å². The van der Waals surface area contributed by atoms with Gasteiger partial charge in [0.2, 0.25) is 5.91 Å². The Morgan fingerprint density at radius 2 is 1.32 bits per heavy atom. The van der Waals surface area contributed by atoms with Crippen molar-refractivity contribution < 1.29 is 28.6 Å². The van der Waals surface area contributed by atoms with E-state index in [0.29, 0.717) is 19.3 Å². The Morgan fingerprint density at radius 1 is 0.789 bits per heavy atom. The molecule has 1 amide bonds. The molecule has 0 radical (unpaired) electrons. The lowest BCUT2D eigenvalue weighted by molar-refractivity contribution is -0.180. The molecule has 7 heteroatoms. The van der Waals surface area contributed by atoms with E-state index in [-0.39, 0.29) is 24.3 Å². The van der Waals surface area contributed by atoms with Gasteiger partial charge in [-0.15, -0.1) is 0 Å². The number of ether oxygens (including phenoxy) is 3. The highest BCUT2D eigenvalue weighted by molar-refractivity contribution is 6.11. The van der Waals surface area contributed by atoms with Crippen molar-refractivity contribution in [3.05, 3.63) is 95.6 Å². The fourth-order valence-corrected chi connectivity index (χ4v) is 4.90. The monoisotopic (exact) mass is 515 g/mol. The van der Waals surface area contributed by atoms with Crippen molar-refractivity contribution >= 4 is 17.7 Å². The van der Waals surface area contributed by atoms with Gasteiger partial charge in [0.1, 0.15) is 29.2 Å². The molecular weight excluding hydrogens is 482 g/mol. The highest BCUT2D eigenvalue weighted by atomic mass is 16.5. The Hall–Kier alpha value is -4.13. The van der Waals surface area contributed by atoms with Gasteiger partial charge in [-0.2, -0.15) is 0 Å². The van der Waals surface area contributed by atoms with Crippen LogP contribution in [0.15, 0.2) is 78.9 Å². The van der Waals surface area contributed by atoms with E-state index in [1.807, 2.05) is 78.9 Å². The summed E-state index contributed by atoms with van der Waals surface area (Å²) in [4.78, 5) is 40.5. The number of hydrogen-bond donors (Lipinski definition) is 0. The molecule has 1 saturated heterocycles. The number of amides is 1. The van der Waals surface area contributed by atoms with Crippen molar-refractivity contribution in [2.24, 2.45) is 5.92 Å². The topological polar surface area (TPSA) is 82.1 Å². The molecule has 3 aromatic rings. The predicted molar refractivity (Wildman–Crippen MR) is 143 cm³/mol. The number of esters is 1. The number of hydrogen-bond acceptors (Lipinski definition) is 6. The van der Waals surface area contributed by atoms with Gasteiger partial charge in [0.05, 0.1) is 20.8 Å². The van der Waals surface area contributed by atoms with E-state index in [2.05, 4.69) is 0 Å². The second-order valence-electron chi connectivity index (χ2n) is 9.44. The van der Waals surface area contributed by atoms with Crippen LogP contribution in [0, 0.1) is 5.92 Å². The lowest BCUT2D eigenvalue weighted by atomic mass is 9.80. The van der Waals surface area contributed by atoms with Crippen LogP contribution in [-0.2, 0) is 38.4 Å². The number of carbonyl (C=O) groups is 3. The van der Waals surface area contributed by atoms with Crippen molar-refractivity contribution in [3.63, 3.8) is 0 Å². The Labute approximate surface area is 223 Å². The lowest BCUT2D eigenvalue weighted by Crippen LogP contribution is -2.70. The van der Waals surface area contributed by atoms with E-state index in [1.165, 1.54) is 6.92 Å². The van der Waals surface area contributed by atoms with E-state index in [0.717, 1.165) is 28.2 Å². The highest BCUT2D eigenvalue weighted by Crippen LogP contribution is 2.34. The van der Waals surface area contributed by atoms with Crippen molar-refractivity contribution in [2.45, 2.75) is 38.3 Å². The quantitative estimate of drug-likeness (QED) is 0.206. The first-order valence-corrected chi connectivity index (χ1v) is 12.7. The molecule has 0 unspecified atom stereocenters. The standard InChI is InChI=1S/C31H33NO6/c1-21(33)28-29(31(35)38-18-17-22-7-5-4-6-8-22)32(30(28)34)25(19-23-9-13-26(36-2)14-10-23)20-24-11-15-27(37-3)16-12-24/h4-16,25,28-29H,17-20H2,1-3H3/t28-,29+/m1/s1. The van der Waals surface area contributed by atoms with Crippen LogP contribution >= 0.6 is 0 Å². The van der Waals surface area contributed by atoms with Crippen LogP contribution in [0.3, 0.4) is 0 Å². The molecule has 2 atom stereocenters. The summed E-state index contributed by atoms with van der Waals surface area (Å²) in [7, 11) is 3.21. The summed E-state index contributed by atoms with van der Waals surface area (Å²) >= 11 is 0. The van der Waals surface area contributed by atoms with E-state index in [4.69, 9.17) is 14.2 Å². The number of nitrogens with zero attached hydrogens (tertiary/aromatic N) is 1.